The van der Waals surface area contributed by atoms with Crippen molar-refractivity contribution < 1.29 is 4.74 Å². The smallest absolute Gasteiger partial charge is 0.123 e. The fraction of sp³-hybridized carbons (Fsp3) is 0.105. The van der Waals surface area contributed by atoms with Gasteiger partial charge in [-0.15, -0.1) is 11.3 Å². The van der Waals surface area contributed by atoms with E-state index < -0.39 is 0 Å². The third-order valence-corrected chi connectivity index (χ3v) is 5.73. The van der Waals surface area contributed by atoms with Crippen LogP contribution in [-0.2, 0) is 5.75 Å². The van der Waals surface area contributed by atoms with Gasteiger partial charge in [-0.2, -0.15) is 0 Å². The molecule has 6 heteroatoms. The summed E-state index contributed by atoms with van der Waals surface area (Å²) >= 11 is 3.35. The second-order valence-corrected chi connectivity index (χ2v) is 7.18. The van der Waals surface area contributed by atoms with Gasteiger partial charge in [0.15, 0.2) is 0 Å². The Hall–Kier alpha value is -2.44. The van der Waals surface area contributed by atoms with Crippen LogP contribution in [0.25, 0.3) is 21.5 Å². The molecule has 4 aromatic rings. The zero-order valence-electron chi connectivity index (χ0n) is 13.5. The molecule has 2 heterocycles. The molecule has 0 aliphatic rings. The number of nitrogens with zero attached hydrogens (tertiary/aromatic N) is 3. The second-order valence-electron chi connectivity index (χ2n) is 5.36. The van der Waals surface area contributed by atoms with Crippen molar-refractivity contribution in [2.24, 2.45) is 0 Å². The molecule has 0 aliphatic heterocycles. The van der Waals surface area contributed by atoms with Crippen molar-refractivity contribution in [1.82, 2.24) is 15.0 Å². The lowest BCUT2D eigenvalue weighted by Crippen LogP contribution is -1.88. The fourth-order valence-electron chi connectivity index (χ4n) is 2.48. The van der Waals surface area contributed by atoms with E-state index in [0.29, 0.717) is 0 Å². The number of hydrogen-bond acceptors (Lipinski definition) is 6. The molecule has 2 aromatic heterocycles. The lowest BCUT2D eigenvalue weighted by Gasteiger charge is -2.03. The first-order chi connectivity index (χ1) is 12.3. The molecular weight excluding hydrogens is 350 g/mol. The molecule has 0 N–H and O–H groups in total. The number of fused-ring (bicyclic) bond motifs is 1. The van der Waals surface area contributed by atoms with Gasteiger partial charge in [0.1, 0.15) is 22.1 Å². The molecule has 0 bridgehead atoms. The summed E-state index contributed by atoms with van der Waals surface area (Å²) in [5, 5.41) is 5.20. The van der Waals surface area contributed by atoms with Crippen molar-refractivity contribution in [3.05, 3.63) is 65.9 Å². The highest BCUT2D eigenvalue weighted by Crippen LogP contribution is 2.30. The van der Waals surface area contributed by atoms with Gasteiger partial charge < -0.3 is 4.74 Å². The average molecular weight is 365 g/mol. The minimum Gasteiger partial charge on any atom is -0.497 e. The zero-order chi connectivity index (χ0) is 17.1. The summed E-state index contributed by atoms with van der Waals surface area (Å²) in [4.78, 5) is 13.5. The summed E-state index contributed by atoms with van der Waals surface area (Å²) in [6.45, 7) is 0. The van der Waals surface area contributed by atoms with Gasteiger partial charge in [-0.25, -0.2) is 15.0 Å². The predicted octanol–water partition coefficient (Wildman–Crippen LogP) is 5.05. The van der Waals surface area contributed by atoms with E-state index >= 15 is 0 Å². The van der Waals surface area contributed by atoms with Gasteiger partial charge >= 0.3 is 0 Å². The molecule has 0 unspecified atom stereocenters. The number of benzene rings is 2. The molecule has 0 radical (unpaired) electrons. The molecular formula is C19H15N3OS2. The standard InChI is InChI=1S/C19H15N3OS2/c1-23-15-8-6-13(7-9-15)18-22-14(10-24-18)11-25-19-16-4-2-3-5-17(16)20-12-21-19/h2-10,12H,11H2,1H3. The van der Waals surface area contributed by atoms with Crippen molar-refractivity contribution in [3.63, 3.8) is 0 Å². The van der Waals surface area contributed by atoms with Gasteiger partial charge in [0, 0.05) is 22.1 Å². The van der Waals surface area contributed by atoms with Crippen LogP contribution in [0, 0.1) is 0 Å². The minimum atomic E-state index is 0.785. The van der Waals surface area contributed by atoms with E-state index in [1.54, 1.807) is 36.5 Å². The van der Waals surface area contributed by atoms with Crippen molar-refractivity contribution >= 4 is 34.0 Å². The van der Waals surface area contributed by atoms with Crippen LogP contribution in [0.2, 0.25) is 0 Å². The van der Waals surface area contributed by atoms with Crippen molar-refractivity contribution in [1.29, 1.82) is 0 Å². The molecule has 4 rings (SSSR count). The number of aromatic nitrogens is 3. The molecule has 25 heavy (non-hydrogen) atoms. The maximum absolute atomic E-state index is 5.20. The average Bonchev–Trinajstić information content (AvgIpc) is 3.15. The Labute approximate surface area is 153 Å². The first kappa shape index (κ1) is 16.1. The Morgan fingerprint density at radius 1 is 1.04 bits per heavy atom. The van der Waals surface area contributed by atoms with Crippen molar-refractivity contribution in [3.8, 4) is 16.3 Å². The predicted molar refractivity (Wildman–Crippen MR) is 103 cm³/mol. The first-order valence-corrected chi connectivity index (χ1v) is 9.61. The van der Waals surface area contributed by atoms with E-state index in [-0.39, 0.29) is 0 Å². The summed E-state index contributed by atoms with van der Waals surface area (Å²) < 4.78 is 5.20. The van der Waals surface area contributed by atoms with E-state index in [4.69, 9.17) is 9.72 Å². The number of para-hydroxylation sites is 1. The Kier molecular flexibility index (Phi) is 4.63. The minimum absolute atomic E-state index is 0.785. The van der Waals surface area contributed by atoms with Crippen LogP contribution >= 0.6 is 23.1 Å². The largest absolute Gasteiger partial charge is 0.497 e. The molecule has 0 saturated heterocycles. The molecule has 124 valence electrons. The van der Waals surface area contributed by atoms with E-state index in [1.807, 2.05) is 42.5 Å². The van der Waals surface area contributed by atoms with Crippen LogP contribution in [0.15, 0.2) is 65.3 Å². The van der Waals surface area contributed by atoms with Gasteiger partial charge in [0.2, 0.25) is 0 Å². The van der Waals surface area contributed by atoms with Crippen LogP contribution in [0.5, 0.6) is 5.75 Å². The van der Waals surface area contributed by atoms with E-state index in [9.17, 15) is 0 Å². The van der Waals surface area contributed by atoms with Crippen LogP contribution in [0.4, 0.5) is 0 Å². The summed E-state index contributed by atoms with van der Waals surface area (Å²) in [6.07, 6.45) is 1.62. The Morgan fingerprint density at radius 2 is 1.88 bits per heavy atom. The third kappa shape index (κ3) is 3.50. The number of ether oxygens (including phenoxy) is 1. The van der Waals surface area contributed by atoms with Crippen LogP contribution in [0.1, 0.15) is 5.69 Å². The highest BCUT2D eigenvalue weighted by molar-refractivity contribution is 7.98. The lowest BCUT2D eigenvalue weighted by atomic mass is 10.2. The Balaban J connectivity index is 1.51. The lowest BCUT2D eigenvalue weighted by molar-refractivity contribution is 0.415. The Bertz CT molecular complexity index is 994. The number of thioether (sulfide) groups is 1. The topological polar surface area (TPSA) is 47.9 Å². The van der Waals surface area contributed by atoms with E-state index in [0.717, 1.165) is 43.7 Å². The SMILES string of the molecule is COc1ccc(-c2nc(CSc3ncnc4ccccc34)cs2)cc1. The third-order valence-electron chi connectivity index (χ3n) is 3.75. The Morgan fingerprint density at radius 3 is 2.72 bits per heavy atom. The first-order valence-electron chi connectivity index (χ1n) is 7.75. The molecule has 0 saturated carbocycles. The summed E-state index contributed by atoms with van der Waals surface area (Å²) in [5.41, 5.74) is 3.13. The van der Waals surface area contributed by atoms with E-state index in [1.165, 1.54) is 0 Å². The molecule has 0 aliphatic carbocycles. The number of thiazole rings is 1. The van der Waals surface area contributed by atoms with Crippen LogP contribution in [-0.4, -0.2) is 22.1 Å². The zero-order valence-corrected chi connectivity index (χ0v) is 15.2. The quantitative estimate of drug-likeness (QED) is 0.366. The summed E-state index contributed by atoms with van der Waals surface area (Å²) in [5.74, 6) is 1.64. The van der Waals surface area contributed by atoms with E-state index in [2.05, 4.69) is 21.4 Å². The molecule has 0 atom stereocenters. The summed E-state index contributed by atoms with van der Waals surface area (Å²) in [7, 11) is 1.67. The second kappa shape index (κ2) is 7.21. The molecule has 0 amide bonds. The van der Waals surface area contributed by atoms with Gasteiger partial charge in [-0.3, -0.25) is 0 Å². The van der Waals surface area contributed by atoms with Gasteiger partial charge in [-0.05, 0) is 30.3 Å². The highest BCUT2D eigenvalue weighted by Gasteiger charge is 2.08. The highest BCUT2D eigenvalue weighted by atomic mass is 32.2. The molecule has 0 fully saturated rings. The van der Waals surface area contributed by atoms with Crippen molar-refractivity contribution in [2.45, 2.75) is 10.8 Å². The summed E-state index contributed by atoms with van der Waals surface area (Å²) in [6, 6.07) is 16.0. The normalized spacial score (nSPS) is 10.9. The fourth-order valence-corrected chi connectivity index (χ4v) is 4.29. The van der Waals surface area contributed by atoms with Crippen LogP contribution < -0.4 is 4.74 Å². The van der Waals surface area contributed by atoms with Gasteiger partial charge in [0.05, 0.1) is 18.3 Å². The number of hydrogen-bond donors (Lipinski definition) is 0. The van der Waals surface area contributed by atoms with Gasteiger partial charge in [-0.1, -0.05) is 30.0 Å². The molecule has 4 nitrogen and oxygen atoms in total. The van der Waals surface area contributed by atoms with Gasteiger partial charge in [0.25, 0.3) is 0 Å². The maximum Gasteiger partial charge on any atom is 0.123 e. The number of methoxy groups -OCH3 is 1. The van der Waals surface area contributed by atoms with Crippen LogP contribution in [0.3, 0.4) is 0 Å². The monoisotopic (exact) mass is 365 g/mol. The maximum atomic E-state index is 5.20. The van der Waals surface area contributed by atoms with Crippen molar-refractivity contribution in [2.75, 3.05) is 7.11 Å². The number of rotatable bonds is 5. The molecule has 2 aromatic carbocycles. The molecule has 0 spiro atoms.